The fourth-order valence-corrected chi connectivity index (χ4v) is 3.80. The molecule has 0 aliphatic carbocycles. The molecule has 0 spiro atoms. The van der Waals surface area contributed by atoms with Crippen LogP contribution in [0.2, 0.25) is 0 Å². The minimum Gasteiger partial charge on any atom is -0.335 e. The molecule has 0 unspecified atom stereocenters. The van der Waals surface area contributed by atoms with Crippen LogP contribution in [0.5, 0.6) is 0 Å². The average molecular weight is 368 g/mol. The lowest BCUT2D eigenvalue weighted by molar-refractivity contribution is -0.137. The van der Waals surface area contributed by atoms with Crippen molar-refractivity contribution < 1.29 is 18.0 Å². The van der Waals surface area contributed by atoms with Crippen LogP contribution in [0.25, 0.3) is 6.08 Å². The SMILES string of the molecule is O=C(/[14CH]=C/c1ccc(C(F)(F)F)cc1)N1CCC[C@H]1CN1CCCCC1. The summed E-state index contributed by atoms with van der Waals surface area (Å²) in [5, 5.41) is 0. The zero-order valence-corrected chi connectivity index (χ0v) is 14.8. The van der Waals surface area contributed by atoms with E-state index in [-0.39, 0.29) is 11.9 Å². The number of amides is 1. The van der Waals surface area contributed by atoms with Gasteiger partial charge in [-0.3, -0.25) is 4.79 Å². The van der Waals surface area contributed by atoms with Crippen LogP contribution < -0.4 is 0 Å². The summed E-state index contributed by atoms with van der Waals surface area (Å²) in [6.07, 6.45) is 4.53. The van der Waals surface area contributed by atoms with E-state index >= 15 is 0 Å². The summed E-state index contributed by atoms with van der Waals surface area (Å²) >= 11 is 0. The van der Waals surface area contributed by atoms with Crippen LogP contribution >= 0.6 is 0 Å². The van der Waals surface area contributed by atoms with Gasteiger partial charge in [0.05, 0.1) is 5.56 Å². The van der Waals surface area contributed by atoms with E-state index in [9.17, 15) is 18.0 Å². The van der Waals surface area contributed by atoms with Crippen molar-refractivity contribution in [3.05, 3.63) is 41.5 Å². The van der Waals surface area contributed by atoms with Gasteiger partial charge < -0.3 is 9.80 Å². The van der Waals surface area contributed by atoms with Crippen LogP contribution in [0.3, 0.4) is 0 Å². The average Bonchev–Trinajstić information content (AvgIpc) is 3.08. The monoisotopic (exact) mass is 368 g/mol. The van der Waals surface area contributed by atoms with Gasteiger partial charge in [-0.15, -0.1) is 0 Å². The van der Waals surface area contributed by atoms with Crippen molar-refractivity contribution >= 4 is 12.0 Å². The molecule has 3 rings (SSSR count). The van der Waals surface area contributed by atoms with Crippen LogP contribution in [-0.2, 0) is 11.0 Å². The lowest BCUT2D eigenvalue weighted by atomic mass is 10.1. The van der Waals surface area contributed by atoms with Crippen molar-refractivity contribution in [3.8, 4) is 0 Å². The second-order valence-corrected chi connectivity index (χ2v) is 7.14. The molecule has 0 aromatic heterocycles. The number of benzene rings is 1. The molecule has 0 N–H and O–H groups in total. The van der Waals surface area contributed by atoms with Crippen LogP contribution in [-0.4, -0.2) is 47.9 Å². The number of halogens is 3. The van der Waals surface area contributed by atoms with Gasteiger partial charge >= 0.3 is 6.18 Å². The predicted molar refractivity (Wildman–Crippen MR) is 95.5 cm³/mol. The van der Waals surface area contributed by atoms with Crippen LogP contribution in [0.15, 0.2) is 30.3 Å². The molecule has 2 fully saturated rings. The lowest BCUT2D eigenvalue weighted by Gasteiger charge is -2.32. The Kier molecular flexibility index (Phi) is 6.01. The third-order valence-electron chi connectivity index (χ3n) is 5.23. The molecule has 3 nitrogen and oxygen atoms in total. The number of nitrogens with zero attached hydrogens (tertiary/aromatic N) is 2. The van der Waals surface area contributed by atoms with Crippen molar-refractivity contribution in [1.82, 2.24) is 9.80 Å². The Hall–Kier alpha value is -1.82. The summed E-state index contributed by atoms with van der Waals surface area (Å²) in [4.78, 5) is 16.9. The molecular formula is C20H25F3N2O. The largest absolute Gasteiger partial charge is 0.416 e. The van der Waals surface area contributed by atoms with Crippen LogP contribution in [0.4, 0.5) is 13.2 Å². The third-order valence-corrected chi connectivity index (χ3v) is 5.23. The van der Waals surface area contributed by atoms with Gasteiger partial charge in [-0.2, -0.15) is 13.2 Å². The third kappa shape index (κ3) is 4.87. The summed E-state index contributed by atoms with van der Waals surface area (Å²) in [6, 6.07) is 5.11. The maximum atomic E-state index is 12.6. The Labute approximate surface area is 152 Å². The normalized spacial score (nSPS) is 22.3. The molecule has 142 valence electrons. The number of carbonyl (C=O) groups excluding carboxylic acids is 1. The van der Waals surface area contributed by atoms with Crippen LogP contribution in [0, 0.1) is 0 Å². The van der Waals surface area contributed by atoms with E-state index in [1.807, 2.05) is 4.90 Å². The molecule has 0 radical (unpaired) electrons. The Balaban J connectivity index is 1.58. The van der Waals surface area contributed by atoms with E-state index in [2.05, 4.69) is 4.90 Å². The maximum Gasteiger partial charge on any atom is 0.416 e. The molecule has 2 heterocycles. The number of piperidine rings is 1. The summed E-state index contributed by atoms with van der Waals surface area (Å²) in [6.45, 7) is 3.91. The lowest BCUT2D eigenvalue weighted by Crippen LogP contribution is -2.44. The fourth-order valence-electron chi connectivity index (χ4n) is 3.80. The highest BCUT2D eigenvalue weighted by Crippen LogP contribution is 2.29. The van der Waals surface area contributed by atoms with E-state index in [1.54, 1.807) is 6.08 Å². The van der Waals surface area contributed by atoms with Crippen molar-refractivity contribution in [2.45, 2.75) is 44.3 Å². The smallest absolute Gasteiger partial charge is 0.335 e. The second kappa shape index (κ2) is 8.25. The zero-order chi connectivity index (χ0) is 18.6. The summed E-state index contributed by atoms with van der Waals surface area (Å²) in [5.74, 6) is -0.0515. The highest BCUT2D eigenvalue weighted by atomic mass is 19.4. The molecular weight excluding hydrogens is 343 g/mol. The van der Waals surface area contributed by atoms with Gasteiger partial charge in [-0.25, -0.2) is 0 Å². The van der Waals surface area contributed by atoms with Gasteiger partial charge in [-0.05, 0) is 62.5 Å². The number of hydrogen-bond donors (Lipinski definition) is 0. The number of hydrogen-bond acceptors (Lipinski definition) is 2. The topological polar surface area (TPSA) is 23.6 Å². The first kappa shape index (κ1) is 19.0. The minimum absolute atomic E-state index is 0.0515. The van der Waals surface area contributed by atoms with Gasteiger partial charge in [0.2, 0.25) is 5.91 Å². The Bertz CT molecular complexity index is 633. The van der Waals surface area contributed by atoms with E-state index in [0.717, 1.165) is 51.2 Å². The number of carbonyl (C=O) groups is 1. The number of alkyl halides is 3. The molecule has 2 aliphatic rings. The number of rotatable bonds is 4. The standard InChI is InChI=1S/C20H25F3N2O/c21-20(22,23)17-9-6-16(7-10-17)8-11-19(26)25-14-4-5-18(25)15-24-12-2-1-3-13-24/h6-11,18H,1-5,12-15H2/b11-8+/t18-/m0/s1/i11+2. The predicted octanol–water partition coefficient (Wildman–Crippen LogP) is 4.20. The highest BCUT2D eigenvalue weighted by Gasteiger charge is 2.30. The molecule has 0 bridgehead atoms. The quantitative estimate of drug-likeness (QED) is 0.744. The Morgan fingerprint density at radius 2 is 1.77 bits per heavy atom. The molecule has 2 saturated heterocycles. The minimum atomic E-state index is -4.34. The summed E-state index contributed by atoms with van der Waals surface area (Å²) in [5.41, 5.74) is -0.0831. The van der Waals surface area contributed by atoms with Gasteiger partial charge in [0.25, 0.3) is 0 Å². The van der Waals surface area contributed by atoms with Gasteiger partial charge in [0.1, 0.15) is 0 Å². The Morgan fingerprint density at radius 3 is 2.42 bits per heavy atom. The second-order valence-electron chi connectivity index (χ2n) is 7.14. The van der Waals surface area contributed by atoms with Crippen molar-refractivity contribution in [2.75, 3.05) is 26.2 Å². The molecule has 1 aromatic carbocycles. The summed E-state index contributed by atoms with van der Waals surface area (Å²) < 4.78 is 37.8. The molecule has 6 heteroatoms. The van der Waals surface area contributed by atoms with E-state index < -0.39 is 11.7 Å². The molecule has 26 heavy (non-hydrogen) atoms. The van der Waals surface area contributed by atoms with Gasteiger partial charge in [0.15, 0.2) is 0 Å². The van der Waals surface area contributed by atoms with Crippen LogP contribution in [0.1, 0.15) is 43.2 Å². The molecule has 1 atom stereocenters. The first-order chi connectivity index (χ1) is 12.4. The first-order valence-electron chi connectivity index (χ1n) is 9.32. The molecule has 1 amide bonds. The van der Waals surface area contributed by atoms with E-state index in [4.69, 9.17) is 0 Å². The molecule has 0 saturated carbocycles. The van der Waals surface area contributed by atoms with Gasteiger partial charge in [-0.1, -0.05) is 18.6 Å². The van der Waals surface area contributed by atoms with Crippen molar-refractivity contribution in [3.63, 3.8) is 0 Å². The Morgan fingerprint density at radius 1 is 1.08 bits per heavy atom. The fraction of sp³-hybridized carbons (Fsp3) is 0.550. The highest BCUT2D eigenvalue weighted by molar-refractivity contribution is 5.92. The van der Waals surface area contributed by atoms with E-state index in [0.29, 0.717) is 5.56 Å². The first-order valence-corrected chi connectivity index (χ1v) is 9.32. The molecule has 2 aliphatic heterocycles. The van der Waals surface area contributed by atoms with Gasteiger partial charge in [0, 0.05) is 25.2 Å². The maximum absolute atomic E-state index is 12.6. The summed E-state index contributed by atoms with van der Waals surface area (Å²) in [7, 11) is 0. The number of likely N-dealkylation sites (tertiary alicyclic amines) is 2. The molecule has 1 aromatic rings. The van der Waals surface area contributed by atoms with Crippen molar-refractivity contribution in [2.24, 2.45) is 0 Å². The van der Waals surface area contributed by atoms with E-state index in [1.165, 1.54) is 37.5 Å². The zero-order valence-electron chi connectivity index (χ0n) is 14.8. The van der Waals surface area contributed by atoms with Crippen molar-refractivity contribution in [1.29, 1.82) is 0 Å².